The first-order valence-electron chi connectivity index (χ1n) is 9.48. The number of carbonyl (C=O) groups is 2. The predicted molar refractivity (Wildman–Crippen MR) is 112 cm³/mol. The Labute approximate surface area is 178 Å². The van der Waals surface area contributed by atoms with Gasteiger partial charge in [0.1, 0.15) is 24.3 Å². The van der Waals surface area contributed by atoms with Gasteiger partial charge in [-0.1, -0.05) is 48.5 Å². The van der Waals surface area contributed by atoms with E-state index in [4.69, 9.17) is 10.5 Å². The normalized spacial score (nSPS) is 11.5. The minimum atomic E-state index is -1.45. The van der Waals surface area contributed by atoms with E-state index in [0.29, 0.717) is 11.8 Å². The molecule has 0 aliphatic rings. The highest BCUT2D eigenvalue weighted by Crippen LogP contribution is 2.21. The van der Waals surface area contributed by atoms with Crippen molar-refractivity contribution >= 4 is 17.7 Å². The van der Waals surface area contributed by atoms with Crippen LogP contribution in [-0.4, -0.2) is 12.0 Å². The zero-order valence-electron chi connectivity index (χ0n) is 16.5. The van der Waals surface area contributed by atoms with Gasteiger partial charge in [0.05, 0.1) is 0 Å². The van der Waals surface area contributed by atoms with Gasteiger partial charge in [0.15, 0.2) is 0 Å². The summed E-state index contributed by atoms with van der Waals surface area (Å²) in [6.45, 7) is 0.231. The highest BCUT2D eigenvalue weighted by atomic mass is 19.1. The van der Waals surface area contributed by atoms with Crippen molar-refractivity contribution in [3.63, 3.8) is 0 Å². The van der Waals surface area contributed by atoms with Gasteiger partial charge in [0, 0.05) is 23.9 Å². The van der Waals surface area contributed by atoms with Gasteiger partial charge < -0.3 is 21.1 Å². The van der Waals surface area contributed by atoms with Crippen LogP contribution in [0.1, 0.15) is 22.7 Å². The molecule has 0 bridgehead atoms. The topological polar surface area (TPSA) is 93.5 Å². The predicted octanol–water partition coefficient (Wildman–Crippen LogP) is 4.03. The van der Waals surface area contributed by atoms with E-state index in [1.54, 1.807) is 48.5 Å². The zero-order chi connectivity index (χ0) is 22.2. The van der Waals surface area contributed by atoms with E-state index < -0.39 is 29.7 Å². The third-order valence-corrected chi connectivity index (χ3v) is 4.44. The van der Waals surface area contributed by atoms with Crippen molar-refractivity contribution in [3.8, 4) is 0 Å². The fourth-order valence-corrected chi connectivity index (χ4v) is 2.89. The van der Waals surface area contributed by atoms with Crippen molar-refractivity contribution in [3.05, 3.63) is 101 Å². The molecule has 6 nitrogen and oxygen atoms in total. The summed E-state index contributed by atoms with van der Waals surface area (Å²) in [5.41, 5.74) is 7.34. The minimum absolute atomic E-state index is 0.0363. The SMILES string of the molecule is NCc1cccc(NC(=O)[C@@H](NC(=O)OCc2ccccc2)c2ccc(F)cc2F)c1. The first-order chi connectivity index (χ1) is 15.0. The summed E-state index contributed by atoms with van der Waals surface area (Å²) in [7, 11) is 0. The zero-order valence-corrected chi connectivity index (χ0v) is 16.5. The van der Waals surface area contributed by atoms with Crippen molar-refractivity contribution in [2.45, 2.75) is 19.2 Å². The Balaban J connectivity index is 1.78. The molecule has 31 heavy (non-hydrogen) atoms. The molecule has 160 valence electrons. The van der Waals surface area contributed by atoms with E-state index >= 15 is 0 Å². The van der Waals surface area contributed by atoms with Crippen molar-refractivity contribution in [2.75, 3.05) is 5.32 Å². The number of amides is 2. The molecular weight excluding hydrogens is 404 g/mol. The van der Waals surface area contributed by atoms with Gasteiger partial charge >= 0.3 is 6.09 Å². The summed E-state index contributed by atoms with van der Waals surface area (Å²) in [4.78, 5) is 25.2. The Kier molecular flexibility index (Phi) is 7.29. The second-order valence-electron chi connectivity index (χ2n) is 6.70. The molecule has 0 aliphatic carbocycles. The van der Waals surface area contributed by atoms with Crippen LogP contribution in [0, 0.1) is 11.6 Å². The number of alkyl carbamates (subject to hydrolysis) is 1. The first-order valence-corrected chi connectivity index (χ1v) is 9.48. The molecular formula is C23H21F2N3O3. The van der Waals surface area contributed by atoms with Crippen LogP contribution >= 0.6 is 0 Å². The van der Waals surface area contributed by atoms with Crippen LogP contribution in [-0.2, 0) is 22.7 Å². The van der Waals surface area contributed by atoms with Gasteiger partial charge in [-0.15, -0.1) is 0 Å². The Morgan fingerprint density at radius 2 is 1.68 bits per heavy atom. The van der Waals surface area contributed by atoms with Crippen molar-refractivity contribution in [2.24, 2.45) is 5.73 Å². The summed E-state index contributed by atoms with van der Waals surface area (Å²) >= 11 is 0. The molecule has 0 fully saturated rings. The van der Waals surface area contributed by atoms with Gasteiger partial charge in [0.2, 0.25) is 0 Å². The maximum absolute atomic E-state index is 14.4. The monoisotopic (exact) mass is 425 g/mol. The Morgan fingerprint density at radius 1 is 0.935 bits per heavy atom. The molecule has 0 aromatic heterocycles. The number of nitrogens with two attached hydrogens (primary N) is 1. The van der Waals surface area contributed by atoms with Gasteiger partial charge in [-0.2, -0.15) is 0 Å². The fraction of sp³-hybridized carbons (Fsp3) is 0.130. The first kappa shape index (κ1) is 21.9. The lowest BCUT2D eigenvalue weighted by molar-refractivity contribution is -0.118. The van der Waals surface area contributed by atoms with Crippen molar-refractivity contribution < 1.29 is 23.1 Å². The lowest BCUT2D eigenvalue weighted by Gasteiger charge is -2.19. The summed E-state index contributed by atoms with van der Waals surface area (Å²) in [5, 5.41) is 4.96. The molecule has 3 rings (SSSR count). The van der Waals surface area contributed by atoms with E-state index in [-0.39, 0.29) is 18.7 Å². The van der Waals surface area contributed by atoms with Crippen molar-refractivity contribution in [1.82, 2.24) is 5.32 Å². The molecule has 0 radical (unpaired) electrons. The second-order valence-corrected chi connectivity index (χ2v) is 6.70. The third-order valence-electron chi connectivity index (χ3n) is 4.44. The second kappa shape index (κ2) is 10.3. The number of benzene rings is 3. The van der Waals surface area contributed by atoms with Crippen molar-refractivity contribution in [1.29, 1.82) is 0 Å². The van der Waals surface area contributed by atoms with E-state index in [2.05, 4.69) is 10.6 Å². The molecule has 0 aliphatic heterocycles. The molecule has 2 amide bonds. The Bertz CT molecular complexity index is 1060. The summed E-state index contributed by atoms with van der Waals surface area (Å²) in [6, 6.07) is 17.0. The Hall–Kier alpha value is -3.78. The van der Waals surface area contributed by atoms with Crippen LogP contribution in [0.4, 0.5) is 19.3 Å². The smallest absolute Gasteiger partial charge is 0.408 e. The largest absolute Gasteiger partial charge is 0.445 e. The molecule has 0 heterocycles. The lowest BCUT2D eigenvalue weighted by atomic mass is 10.0. The fourth-order valence-electron chi connectivity index (χ4n) is 2.89. The Morgan fingerprint density at radius 3 is 2.39 bits per heavy atom. The lowest BCUT2D eigenvalue weighted by Crippen LogP contribution is -2.37. The number of hydrogen-bond acceptors (Lipinski definition) is 4. The van der Waals surface area contributed by atoms with Crippen LogP contribution in [0.2, 0.25) is 0 Å². The van der Waals surface area contributed by atoms with Gasteiger partial charge in [-0.25, -0.2) is 13.6 Å². The average molecular weight is 425 g/mol. The van der Waals surface area contributed by atoms with Crippen LogP contribution in [0.25, 0.3) is 0 Å². The maximum atomic E-state index is 14.4. The minimum Gasteiger partial charge on any atom is -0.445 e. The average Bonchev–Trinajstić information content (AvgIpc) is 2.77. The van der Waals surface area contributed by atoms with Gasteiger partial charge in [-0.3, -0.25) is 4.79 Å². The third kappa shape index (κ3) is 6.10. The maximum Gasteiger partial charge on any atom is 0.408 e. The molecule has 0 unspecified atom stereocenters. The summed E-state index contributed by atoms with van der Waals surface area (Å²) < 4.78 is 32.9. The number of halogens is 2. The number of nitrogens with one attached hydrogen (secondary N) is 2. The molecule has 0 spiro atoms. The molecule has 1 atom stereocenters. The number of hydrogen-bond donors (Lipinski definition) is 3. The standard InChI is InChI=1S/C23H21F2N3O3/c24-17-9-10-19(20(25)12-17)21(22(29)27-18-8-4-7-16(11-18)13-26)28-23(30)31-14-15-5-2-1-3-6-15/h1-12,21H,13-14,26H2,(H,27,29)(H,28,30)/t21-/m0/s1. The van der Waals surface area contributed by atoms with Gasteiger partial charge in [-0.05, 0) is 29.3 Å². The quantitative estimate of drug-likeness (QED) is 0.533. The summed E-state index contributed by atoms with van der Waals surface area (Å²) in [5.74, 6) is -2.50. The van der Waals surface area contributed by atoms with Gasteiger partial charge in [0.25, 0.3) is 5.91 Å². The van der Waals surface area contributed by atoms with Crippen LogP contribution in [0.5, 0.6) is 0 Å². The summed E-state index contributed by atoms with van der Waals surface area (Å²) in [6.07, 6.45) is -0.927. The highest BCUT2D eigenvalue weighted by Gasteiger charge is 2.27. The van der Waals surface area contributed by atoms with Crippen LogP contribution in [0.15, 0.2) is 72.8 Å². The highest BCUT2D eigenvalue weighted by molar-refractivity contribution is 5.97. The van der Waals surface area contributed by atoms with Crippen LogP contribution < -0.4 is 16.4 Å². The van der Waals surface area contributed by atoms with Crippen LogP contribution in [0.3, 0.4) is 0 Å². The van der Waals surface area contributed by atoms with E-state index in [0.717, 1.165) is 23.3 Å². The molecule has 4 N–H and O–H groups in total. The molecule has 0 saturated carbocycles. The molecule has 3 aromatic rings. The molecule has 3 aromatic carbocycles. The van der Waals surface area contributed by atoms with E-state index in [9.17, 15) is 18.4 Å². The van der Waals surface area contributed by atoms with E-state index in [1.807, 2.05) is 6.07 Å². The number of anilines is 1. The molecule has 0 saturated heterocycles. The van der Waals surface area contributed by atoms with E-state index in [1.165, 1.54) is 0 Å². The molecule has 8 heteroatoms. The number of carbonyl (C=O) groups excluding carboxylic acids is 2. The number of rotatable bonds is 7. The number of ether oxygens (including phenoxy) is 1.